The third-order valence-electron chi connectivity index (χ3n) is 6.98. The van der Waals surface area contributed by atoms with Crippen molar-refractivity contribution in [3.05, 3.63) is 0 Å². The largest absolute Gasteiger partial charge is 0.303 e. The molecule has 0 saturated carbocycles. The van der Waals surface area contributed by atoms with E-state index in [4.69, 9.17) is 0 Å². The van der Waals surface area contributed by atoms with Gasteiger partial charge in [0.2, 0.25) is 0 Å². The second kappa shape index (κ2) is 42.3. The Hall–Kier alpha value is 0.880. The van der Waals surface area contributed by atoms with Crippen LogP contribution < -0.4 is 0 Å². The van der Waals surface area contributed by atoms with Crippen LogP contribution in [0.15, 0.2) is 0 Å². The maximum Gasteiger partial charge on any atom is 0.00313 e. The summed E-state index contributed by atoms with van der Waals surface area (Å²) in [5.74, 6) is 0. The average Bonchev–Trinajstić information content (AvgIpc) is 2.94. The molecule has 0 radical (unpaired) electrons. The molecule has 0 N–H and O–H groups in total. The van der Waals surface area contributed by atoms with E-state index in [1.807, 2.05) is 0 Å². The maximum absolute atomic E-state index is 3.45. The van der Waals surface area contributed by atoms with Crippen LogP contribution in [0.3, 0.4) is 0 Å². The molecule has 0 amide bonds. The minimum absolute atomic E-state index is 1.18. The number of hydrogen-bond donors (Lipinski definition) is 0. The van der Waals surface area contributed by atoms with Gasteiger partial charge in [-0.25, -0.2) is 0 Å². The van der Waals surface area contributed by atoms with E-state index in [-0.39, 0.29) is 0 Å². The Bertz CT molecular complexity index is 296. The number of rotatable bonds is 27. The zero-order valence-corrected chi connectivity index (χ0v) is 30.6. The highest BCUT2D eigenvalue weighted by atomic mass is 79.9. The topological polar surface area (TPSA) is 6.48 Å². The van der Waals surface area contributed by atoms with Crippen molar-refractivity contribution in [2.45, 2.75) is 170 Å². The highest BCUT2D eigenvalue weighted by molar-refractivity contribution is 9.09. The fourth-order valence-electron chi connectivity index (χ4n) is 4.21. The normalized spacial score (nSPS) is 10.9. The lowest BCUT2D eigenvalue weighted by atomic mass is 10.1. The van der Waals surface area contributed by atoms with Crippen molar-refractivity contribution in [1.29, 1.82) is 0 Å². The van der Waals surface area contributed by atoms with Gasteiger partial charge in [-0.05, 0) is 90.6 Å². The number of hydrogen-bond acceptors (Lipinski definition) is 2. The molecule has 0 aromatic heterocycles. The van der Waals surface area contributed by atoms with Gasteiger partial charge in [-0.3, -0.25) is 0 Å². The molecule has 0 unspecified atom stereocenters. The second-order valence-electron chi connectivity index (χ2n) is 11.0. The Kier molecular flexibility index (Phi) is 48.3. The van der Waals surface area contributed by atoms with Crippen molar-refractivity contribution in [1.82, 2.24) is 9.80 Å². The van der Waals surface area contributed by atoms with E-state index in [1.54, 1.807) is 0 Å². The standard InChI is InChI=1S/2C12H27N.C10H20Br2/c2*1-4-7-10-13(11-8-5-2)12-9-6-3;11-9-7-5-3-1-2-4-6-8-10-12/h2*4-12H2,1-3H3;1-10H2. The molecule has 0 saturated heterocycles. The van der Waals surface area contributed by atoms with E-state index in [0.717, 1.165) is 0 Å². The number of alkyl halides is 2. The van der Waals surface area contributed by atoms with E-state index < -0.39 is 0 Å². The lowest BCUT2D eigenvalue weighted by Gasteiger charge is -2.21. The van der Waals surface area contributed by atoms with Crippen molar-refractivity contribution < 1.29 is 0 Å². The van der Waals surface area contributed by atoms with Crippen LogP contribution in [0.1, 0.15) is 170 Å². The summed E-state index contributed by atoms with van der Waals surface area (Å²) in [5.41, 5.74) is 0. The molecular weight excluding hydrogens is 596 g/mol. The summed E-state index contributed by atoms with van der Waals surface area (Å²) in [7, 11) is 0. The molecule has 0 bridgehead atoms. The van der Waals surface area contributed by atoms with Gasteiger partial charge >= 0.3 is 0 Å². The quantitative estimate of drug-likeness (QED) is 0.0634. The molecule has 0 fully saturated rings. The molecule has 0 aliphatic heterocycles. The van der Waals surface area contributed by atoms with Crippen LogP contribution in [-0.4, -0.2) is 59.7 Å². The summed E-state index contributed by atoms with van der Waals surface area (Å²) >= 11 is 6.90. The Labute approximate surface area is 260 Å². The molecule has 0 atom stereocenters. The fourth-order valence-corrected chi connectivity index (χ4v) is 5.00. The Morgan fingerprint density at radius 2 is 0.474 bits per heavy atom. The van der Waals surface area contributed by atoms with E-state index >= 15 is 0 Å². The zero-order valence-electron chi connectivity index (χ0n) is 27.4. The van der Waals surface area contributed by atoms with Crippen LogP contribution in [0.25, 0.3) is 0 Å². The van der Waals surface area contributed by atoms with Crippen LogP contribution in [0.2, 0.25) is 0 Å². The third kappa shape index (κ3) is 41.4. The van der Waals surface area contributed by atoms with E-state index in [1.165, 1.54) is 178 Å². The van der Waals surface area contributed by atoms with Crippen LogP contribution in [0.4, 0.5) is 0 Å². The Morgan fingerprint density at radius 1 is 0.289 bits per heavy atom. The van der Waals surface area contributed by atoms with Crippen molar-refractivity contribution >= 4 is 31.9 Å². The first-order chi connectivity index (χ1) is 18.6. The zero-order chi connectivity index (χ0) is 29.0. The minimum Gasteiger partial charge on any atom is -0.303 e. The number of halogens is 2. The number of unbranched alkanes of at least 4 members (excludes halogenated alkanes) is 13. The van der Waals surface area contributed by atoms with Gasteiger partial charge in [-0.1, -0.05) is 150 Å². The van der Waals surface area contributed by atoms with Gasteiger partial charge in [0.15, 0.2) is 0 Å². The van der Waals surface area contributed by atoms with Crippen LogP contribution in [0, 0.1) is 0 Å². The van der Waals surface area contributed by atoms with Gasteiger partial charge in [-0.15, -0.1) is 0 Å². The minimum atomic E-state index is 1.18. The average molecular weight is 671 g/mol. The fraction of sp³-hybridized carbons (Fsp3) is 1.00. The van der Waals surface area contributed by atoms with Gasteiger partial charge in [0.25, 0.3) is 0 Å². The molecule has 0 rings (SSSR count). The Balaban J connectivity index is -0.000000484. The first-order valence-electron chi connectivity index (χ1n) is 17.2. The lowest BCUT2D eigenvalue weighted by Crippen LogP contribution is -2.27. The van der Waals surface area contributed by atoms with Gasteiger partial charge in [0, 0.05) is 10.7 Å². The smallest absolute Gasteiger partial charge is 0.00313 e. The first kappa shape index (κ1) is 43.3. The summed E-state index contributed by atoms with van der Waals surface area (Å²) in [4.78, 5) is 5.27. The van der Waals surface area contributed by atoms with E-state index in [0.29, 0.717) is 0 Å². The van der Waals surface area contributed by atoms with Gasteiger partial charge in [0.1, 0.15) is 0 Å². The van der Waals surface area contributed by atoms with Crippen molar-refractivity contribution in [3.63, 3.8) is 0 Å². The molecule has 0 aliphatic carbocycles. The van der Waals surface area contributed by atoms with Crippen molar-refractivity contribution in [3.8, 4) is 0 Å². The summed E-state index contributed by atoms with van der Waals surface area (Å²) in [5, 5.41) is 2.35. The summed E-state index contributed by atoms with van der Waals surface area (Å²) in [6.45, 7) is 21.5. The molecule has 0 aromatic rings. The molecular formula is C34H74Br2N2. The summed E-state index contributed by atoms with van der Waals surface area (Å²) in [6.07, 6.45) is 27.4. The first-order valence-corrected chi connectivity index (χ1v) is 19.4. The third-order valence-corrected chi connectivity index (χ3v) is 8.11. The Morgan fingerprint density at radius 3 is 0.632 bits per heavy atom. The molecule has 4 heteroatoms. The van der Waals surface area contributed by atoms with Crippen LogP contribution in [0.5, 0.6) is 0 Å². The maximum atomic E-state index is 3.45. The predicted molar refractivity (Wildman–Crippen MR) is 187 cm³/mol. The van der Waals surface area contributed by atoms with Crippen LogP contribution >= 0.6 is 31.9 Å². The monoisotopic (exact) mass is 668 g/mol. The second-order valence-corrected chi connectivity index (χ2v) is 12.6. The van der Waals surface area contributed by atoms with Crippen molar-refractivity contribution in [2.24, 2.45) is 0 Å². The van der Waals surface area contributed by atoms with Crippen LogP contribution in [-0.2, 0) is 0 Å². The lowest BCUT2D eigenvalue weighted by molar-refractivity contribution is 0.261. The van der Waals surface area contributed by atoms with Gasteiger partial charge in [-0.2, -0.15) is 0 Å². The summed E-state index contributed by atoms with van der Waals surface area (Å²) < 4.78 is 0. The molecule has 0 aromatic carbocycles. The SMILES string of the molecule is BrCCCCCCCCCCBr.CCCCN(CCCC)CCCC.CCCCN(CCCC)CCCC. The molecule has 0 heterocycles. The molecule has 2 nitrogen and oxygen atoms in total. The molecule has 0 aliphatic rings. The van der Waals surface area contributed by atoms with Gasteiger partial charge in [0.05, 0.1) is 0 Å². The molecule has 234 valence electrons. The van der Waals surface area contributed by atoms with Crippen molar-refractivity contribution in [2.75, 3.05) is 49.9 Å². The highest BCUT2D eigenvalue weighted by Gasteiger charge is 2.02. The summed E-state index contributed by atoms with van der Waals surface area (Å²) in [6, 6.07) is 0. The predicted octanol–water partition coefficient (Wildman–Crippen LogP) is 12.3. The molecule has 38 heavy (non-hydrogen) atoms. The van der Waals surface area contributed by atoms with Gasteiger partial charge < -0.3 is 9.80 Å². The van der Waals surface area contributed by atoms with E-state index in [2.05, 4.69) is 83.2 Å². The number of nitrogens with zero attached hydrogens (tertiary/aromatic N) is 2. The van der Waals surface area contributed by atoms with E-state index in [9.17, 15) is 0 Å². The molecule has 0 spiro atoms. The highest BCUT2D eigenvalue weighted by Crippen LogP contribution is 2.09.